The van der Waals surface area contributed by atoms with Crippen molar-refractivity contribution in [2.75, 3.05) is 22.5 Å². The van der Waals surface area contributed by atoms with Crippen LogP contribution in [0.15, 0.2) is 30.3 Å². The van der Waals surface area contributed by atoms with Crippen LogP contribution in [0.4, 0.5) is 27.8 Å². The Morgan fingerprint density at radius 2 is 1.54 bits per heavy atom. The van der Waals surface area contributed by atoms with Gasteiger partial charge in [0, 0.05) is 23.4 Å². The van der Waals surface area contributed by atoms with Gasteiger partial charge in [0.1, 0.15) is 28.6 Å². The Hall–Kier alpha value is -3.54. The molecule has 54 heavy (non-hydrogen) atoms. The molecule has 0 radical (unpaired) electrons. The molecule has 1 atom stereocenters. The average Bonchev–Trinajstić information content (AvgIpc) is 3.59. The minimum atomic E-state index is -4.95. The summed E-state index contributed by atoms with van der Waals surface area (Å²) in [6, 6.07) is 4.09. The van der Waals surface area contributed by atoms with Crippen molar-refractivity contribution < 1.29 is 47.2 Å². The topological polar surface area (TPSA) is 162 Å². The summed E-state index contributed by atoms with van der Waals surface area (Å²) in [4.78, 5) is 4.73. The summed E-state index contributed by atoms with van der Waals surface area (Å²) in [5.74, 6) is 2.88. The number of rotatable bonds is 9. The molecule has 2 heterocycles. The normalized spacial score (nSPS) is 14.3. The standard InChI is InChI=1S/C33H33ClF5N5O6S3.ClH/c1-32(2,51(3,45)46)12-11-26-21-7-6-8-22(21)27(29(41-26)25(40)15-18-13-19(35)16-20(36)14-18)23-9-10-24(34)28-30(23)43(17-33(37,38)39)42-31(28)44(52(4,47)48)53(5,49)50;/h9-10,13-14,16,25H,6-8,15,17,40H2,1-5H3;1H. The second-order valence-electron chi connectivity index (χ2n) is 13.3. The van der Waals surface area contributed by atoms with E-state index in [2.05, 4.69) is 16.9 Å². The Morgan fingerprint density at radius 1 is 0.963 bits per heavy atom. The second kappa shape index (κ2) is 14.8. The van der Waals surface area contributed by atoms with Gasteiger partial charge in [-0.15, -0.1) is 16.1 Å². The maximum absolute atomic E-state index is 14.2. The number of fused-ring (bicyclic) bond motifs is 2. The number of halogens is 7. The molecule has 2 aromatic heterocycles. The zero-order chi connectivity index (χ0) is 39.6. The fraction of sp³-hybridized carbons (Fsp3) is 0.394. The first-order valence-corrected chi connectivity index (χ1v) is 21.6. The van der Waals surface area contributed by atoms with Gasteiger partial charge in [0.05, 0.1) is 40.2 Å². The van der Waals surface area contributed by atoms with Crippen LogP contribution in [-0.2, 0) is 55.7 Å². The lowest BCUT2D eigenvalue weighted by molar-refractivity contribution is -0.141. The zero-order valence-corrected chi connectivity index (χ0v) is 33.2. The fourth-order valence-electron chi connectivity index (χ4n) is 6.17. The first-order chi connectivity index (χ1) is 24.2. The average molecular weight is 859 g/mol. The Bertz CT molecular complexity index is 2520. The van der Waals surface area contributed by atoms with Crippen LogP contribution in [0.5, 0.6) is 0 Å². The first kappa shape index (κ1) is 43.2. The van der Waals surface area contributed by atoms with E-state index in [1.165, 1.54) is 26.0 Å². The number of hydrogen-bond acceptors (Lipinski definition) is 9. The van der Waals surface area contributed by atoms with Gasteiger partial charge in [-0.25, -0.2) is 39.0 Å². The summed E-state index contributed by atoms with van der Waals surface area (Å²) >= 11 is 6.52. The zero-order valence-electron chi connectivity index (χ0n) is 29.2. The van der Waals surface area contributed by atoms with Crippen LogP contribution in [0.25, 0.3) is 22.0 Å². The molecule has 294 valence electrons. The van der Waals surface area contributed by atoms with Gasteiger partial charge < -0.3 is 5.73 Å². The van der Waals surface area contributed by atoms with E-state index in [-0.39, 0.29) is 55.6 Å². The maximum Gasteiger partial charge on any atom is 0.408 e. The van der Waals surface area contributed by atoms with Gasteiger partial charge in [-0.2, -0.15) is 18.3 Å². The Balaban J connectivity index is 0.00000650. The summed E-state index contributed by atoms with van der Waals surface area (Å²) in [7, 11) is -13.1. The second-order valence-corrected chi connectivity index (χ2v) is 20.2. The van der Waals surface area contributed by atoms with Gasteiger partial charge in [-0.1, -0.05) is 23.6 Å². The Labute approximate surface area is 320 Å². The fourth-order valence-corrected chi connectivity index (χ4v) is 9.49. The lowest BCUT2D eigenvalue weighted by Gasteiger charge is -2.22. The number of aromatic nitrogens is 3. The lowest BCUT2D eigenvalue weighted by atomic mass is 9.89. The van der Waals surface area contributed by atoms with Crippen molar-refractivity contribution in [3.05, 3.63) is 75.1 Å². The highest BCUT2D eigenvalue weighted by molar-refractivity contribution is 8.09. The molecule has 0 bridgehead atoms. The van der Waals surface area contributed by atoms with E-state index in [4.69, 9.17) is 22.3 Å². The molecule has 0 saturated heterocycles. The van der Waals surface area contributed by atoms with Crippen molar-refractivity contribution in [2.24, 2.45) is 5.73 Å². The highest BCUT2D eigenvalue weighted by Gasteiger charge is 2.38. The number of nitrogens with zero attached hydrogens (tertiary/aromatic N) is 4. The van der Waals surface area contributed by atoms with Crippen molar-refractivity contribution in [1.82, 2.24) is 14.8 Å². The van der Waals surface area contributed by atoms with Gasteiger partial charge in [-0.05, 0) is 80.3 Å². The van der Waals surface area contributed by atoms with Crippen molar-refractivity contribution in [1.29, 1.82) is 0 Å². The number of alkyl halides is 3. The third kappa shape index (κ3) is 8.79. The molecule has 0 saturated carbocycles. The van der Waals surface area contributed by atoms with Crippen LogP contribution < -0.4 is 9.44 Å². The summed E-state index contributed by atoms with van der Waals surface area (Å²) in [6.45, 7) is 0.992. The monoisotopic (exact) mass is 857 g/mol. The van der Waals surface area contributed by atoms with E-state index in [1.54, 1.807) is 0 Å². The SMILES string of the molecule is CC(C)(C#Cc1nc(C(N)Cc2cc(F)cc(F)c2)c(-c2ccc(Cl)c3c(N(S(C)(=O)=O)S(C)(=O)=O)nn(CC(F)(F)F)c23)c2c1CCC2)S(C)(=O)=O.Cl. The van der Waals surface area contributed by atoms with Crippen LogP contribution in [0, 0.1) is 23.5 Å². The molecule has 0 spiro atoms. The molecule has 1 aliphatic rings. The predicted molar refractivity (Wildman–Crippen MR) is 198 cm³/mol. The first-order valence-electron chi connectivity index (χ1n) is 15.6. The maximum atomic E-state index is 14.2. The quantitative estimate of drug-likeness (QED) is 0.166. The molecule has 0 aliphatic heterocycles. The van der Waals surface area contributed by atoms with Gasteiger partial charge in [-0.3, -0.25) is 4.68 Å². The summed E-state index contributed by atoms with van der Waals surface area (Å²) in [5.41, 5.74) is 7.70. The number of pyridine rings is 1. The van der Waals surface area contributed by atoms with E-state index in [9.17, 15) is 47.2 Å². The van der Waals surface area contributed by atoms with E-state index >= 15 is 0 Å². The van der Waals surface area contributed by atoms with Gasteiger partial charge in [0.15, 0.2) is 15.7 Å². The van der Waals surface area contributed by atoms with Crippen molar-refractivity contribution in [3.63, 3.8) is 0 Å². The van der Waals surface area contributed by atoms with E-state index in [0.717, 1.165) is 18.4 Å². The third-order valence-electron chi connectivity index (χ3n) is 8.63. The number of benzene rings is 2. The lowest BCUT2D eigenvalue weighted by Crippen LogP contribution is -2.36. The van der Waals surface area contributed by atoms with E-state index in [0.29, 0.717) is 53.6 Å². The number of nitrogens with two attached hydrogens (primary N) is 1. The Kier molecular flexibility index (Phi) is 11.9. The van der Waals surface area contributed by atoms with E-state index < -0.39 is 81.7 Å². The molecular weight excluding hydrogens is 824 g/mol. The number of hydrogen-bond donors (Lipinski definition) is 1. The van der Waals surface area contributed by atoms with Crippen molar-refractivity contribution in [3.8, 4) is 23.0 Å². The number of sulfone groups is 1. The molecule has 0 fully saturated rings. The van der Waals surface area contributed by atoms with Crippen molar-refractivity contribution >= 4 is 70.6 Å². The number of anilines is 1. The minimum absolute atomic E-state index is 0. The smallest absolute Gasteiger partial charge is 0.322 e. The molecule has 2 aromatic carbocycles. The van der Waals surface area contributed by atoms with Gasteiger partial charge in [0.25, 0.3) is 0 Å². The van der Waals surface area contributed by atoms with Crippen LogP contribution >= 0.6 is 24.0 Å². The molecule has 4 aromatic rings. The third-order valence-corrected chi connectivity index (χ3v) is 14.1. The van der Waals surface area contributed by atoms with Crippen LogP contribution in [-0.4, -0.2) is 69.7 Å². The summed E-state index contributed by atoms with van der Waals surface area (Å²) in [5, 5.41) is 3.10. The molecule has 21 heteroatoms. The predicted octanol–water partition coefficient (Wildman–Crippen LogP) is 5.65. The van der Waals surface area contributed by atoms with Crippen molar-refractivity contribution in [2.45, 2.75) is 63.0 Å². The van der Waals surface area contributed by atoms with Crippen LogP contribution in [0.3, 0.4) is 0 Å². The highest BCUT2D eigenvalue weighted by atomic mass is 35.5. The minimum Gasteiger partial charge on any atom is -0.322 e. The van der Waals surface area contributed by atoms with Crippen LogP contribution in [0.2, 0.25) is 5.02 Å². The highest BCUT2D eigenvalue weighted by Crippen LogP contribution is 2.46. The molecular formula is C33H34Cl2F5N5O6S3. The number of sulfonamides is 2. The van der Waals surface area contributed by atoms with E-state index in [1.807, 2.05) is 0 Å². The summed E-state index contributed by atoms with van der Waals surface area (Å²) < 4.78 is 146. The van der Waals surface area contributed by atoms with Gasteiger partial charge >= 0.3 is 6.18 Å². The molecule has 0 amide bonds. The summed E-state index contributed by atoms with van der Waals surface area (Å²) in [6.07, 6.45) is -1.94. The molecule has 1 aliphatic carbocycles. The Morgan fingerprint density at radius 3 is 2.07 bits per heavy atom. The largest absolute Gasteiger partial charge is 0.408 e. The van der Waals surface area contributed by atoms with Gasteiger partial charge in [0.2, 0.25) is 20.0 Å². The molecule has 11 nitrogen and oxygen atoms in total. The molecule has 5 rings (SSSR count). The molecule has 1 unspecified atom stereocenters. The molecule has 2 N–H and O–H groups in total. The van der Waals surface area contributed by atoms with Crippen LogP contribution in [0.1, 0.15) is 54.4 Å².